The molecule has 8 nitrogen and oxygen atoms in total. The molecule has 1 unspecified atom stereocenters. The quantitative estimate of drug-likeness (QED) is 0.762. The molecule has 0 saturated carbocycles. The van der Waals surface area contributed by atoms with Crippen molar-refractivity contribution < 1.29 is 24.2 Å². The maximum Gasteiger partial charge on any atom is 0.411 e. The Labute approximate surface area is 141 Å². The van der Waals surface area contributed by atoms with E-state index in [0.29, 0.717) is 25.8 Å². The van der Waals surface area contributed by atoms with Gasteiger partial charge < -0.3 is 20.5 Å². The first-order chi connectivity index (χ1) is 11.0. The summed E-state index contributed by atoms with van der Waals surface area (Å²) in [6.45, 7) is 7.45. The van der Waals surface area contributed by atoms with E-state index in [1.165, 1.54) is 16.7 Å². The van der Waals surface area contributed by atoms with Crippen molar-refractivity contribution in [2.45, 2.75) is 70.2 Å². The van der Waals surface area contributed by atoms with Gasteiger partial charge in [-0.3, -0.25) is 14.5 Å². The smallest absolute Gasteiger partial charge is 0.411 e. The molecular weight excluding hydrogens is 314 g/mol. The molecule has 2 aliphatic heterocycles. The molecule has 3 N–H and O–H groups in total. The van der Waals surface area contributed by atoms with E-state index >= 15 is 0 Å². The fourth-order valence-electron chi connectivity index (χ4n) is 3.64. The number of likely N-dealkylation sites (tertiary alicyclic amines) is 2. The standard InChI is InChI=1S/C16H27N3O5/c1-10(20)11(12(17)21)18-9-7-16(13(18)22)6-5-8-19(16)14(23)24-15(2,3)4/h10-11,20H,5-9H2,1-4H3,(H2,17,21)/t10-,11+,16?/m1/s1. The number of carbonyl (C=O) groups is 3. The Kier molecular flexibility index (Phi) is 4.81. The van der Waals surface area contributed by atoms with Gasteiger partial charge in [-0.15, -0.1) is 0 Å². The molecule has 2 heterocycles. The molecule has 1 spiro atoms. The molecule has 0 bridgehead atoms. The highest BCUT2D eigenvalue weighted by atomic mass is 16.6. The second-order valence-corrected chi connectivity index (χ2v) is 7.60. The van der Waals surface area contributed by atoms with Gasteiger partial charge in [0.15, 0.2) is 0 Å². The van der Waals surface area contributed by atoms with Gasteiger partial charge in [0.2, 0.25) is 11.8 Å². The van der Waals surface area contributed by atoms with Crippen LogP contribution in [0.25, 0.3) is 0 Å². The summed E-state index contributed by atoms with van der Waals surface area (Å²) in [5.41, 5.74) is 3.70. The van der Waals surface area contributed by atoms with E-state index in [4.69, 9.17) is 10.5 Å². The number of amides is 3. The van der Waals surface area contributed by atoms with Crippen LogP contribution in [0.1, 0.15) is 47.0 Å². The number of rotatable bonds is 3. The van der Waals surface area contributed by atoms with Crippen molar-refractivity contribution in [2.24, 2.45) is 5.73 Å². The lowest BCUT2D eigenvalue weighted by molar-refractivity contribution is -0.145. The normalized spacial score (nSPS) is 26.8. The summed E-state index contributed by atoms with van der Waals surface area (Å²) in [5.74, 6) is -1.09. The first-order valence-corrected chi connectivity index (χ1v) is 8.29. The second-order valence-electron chi connectivity index (χ2n) is 7.60. The second kappa shape index (κ2) is 6.23. The minimum absolute atomic E-state index is 0.274. The van der Waals surface area contributed by atoms with Crippen molar-refractivity contribution in [1.82, 2.24) is 9.80 Å². The Balaban J connectivity index is 2.25. The van der Waals surface area contributed by atoms with E-state index in [9.17, 15) is 19.5 Å². The van der Waals surface area contributed by atoms with Gasteiger partial charge in [0.25, 0.3) is 0 Å². The number of primary amides is 1. The van der Waals surface area contributed by atoms with E-state index in [1.54, 1.807) is 20.8 Å². The van der Waals surface area contributed by atoms with Crippen molar-refractivity contribution in [3.05, 3.63) is 0 Å². The van der Waals surface area contributed by atoms with Crippen LogP contribution in [0.3, 0.4) is 0 Å². The Morgan fingerprint density at radius 1 is 1.29 bits per heavy atom. The molecule has 8 heteroatoms. The van der Waals surface area contributed by atoms with Gasteiger partial charge in [-0.05, 0) is 47.0 Å². The topological polar surface area (TPSA) is 113 Å². The molecule has 0 aliphatic carbocycles. The summed E-state index contributed by atoms with van der Waals surface area (Å²) in [5, 5.41) is 9.82. The largest absolute Gasteiger partial charge is 0.444 e. The van der Waals surface area contributed by atoms with Crippen LogP contribution in [0, 0.1) is 0 Å². The number of hydrogen-bond donors (Lipinski definition) is 2. The monoisotopic (exact) mass is 341 g/mol. The summed E-state index contributed by atoms with van der Waals surface area (Å²) >= 11 is 0. The maximum atomic E-state index is 13.0. The fourth-order valence-corrected chi connectivity index (χ4v) is 3.64. The summed E-state index contributed by atoms with van der Waals surface area (Å²) in [6.07, 6.45) is 0.0178. The van der Waals surface area contributed by atoms with E-state index in [0.717, 1.165) is 0 Å². The number of aliphatic hydroxyl groups is 1. The first kappa shape index (κ1) is 18.5. The van der Waals surface area contributed by atoms with E-state index < -0.39 is 35.3 Å². The first-order valence-electron chi connectivity index (χ1n) is 8.29. The third-order valence-electron chi connectivity index (χ3n) is 4.61. The highest BCUT2D eigenvalue weighted by Gasteiger charge is 2.57. The highest BCUT2D eigenvalue weighted by Crippen LogP contribution is 2.40. The third kappa shape index (κ3) is 3.19. The zero-order chi connectivity index (χ0) is 18.3. The van der Waals surface area contributed by atoms with Crippen molar-refractivity contribution in [1.29, 1.82) is 0 Å². The van der Waals surface area contributed by atoms with E-state index in [1.807, 2.05) is 0 Å². The molecule has 0 aromatic rings. The van der Waals surface area contributed by atoms with Gasteiger partial charge in [0.1, 0.15) is 17.2 Å². The molecule has 2 aliphatic rings. The summed E-state index contributed by atoms with van der Waals surface area (Å²) < 4.78 is 5.42. The SMILES string of the molecule is C[C@@H](O)[C@@H](C(N)=O)N1CCC2(CCCN2C(=O)OC(C)(C)C)C1=O. The number of nitrogens with zero attached hydrogens (tertiary/aromatic N) is 2. The summed E-state index contributed by atoms with van der Waals surface area (Å²) in [4.78, 5) is 39.9. The molecule has 0 aromatic carbocycles. The van der Waals surface area contributed by atoms with Crippen LogP contribution in [-0.4, -0.2) is 69.2 Å². The van der Waals surface area contributed by atoms with Gasteiger partial charge in [0.05, 0.1) is 6.10 Å². The van der Waals surface area contributed by atoms with Crippen LogP contribution < -0.4 is 5.73 Å². The van der Waals surface area contributed by atoms with Crippen LogP contribution in [0.5, 0.6) is 0 Å². The lowest BCUT2D eigenvalue weighted by Gasteiger charge is -2.36. The minimum Gasteiger partial charge on any atom is -0.444 e. The molecule has 24 heavy (non-hydrogen) atoms. The fraction of sp³-hybridized carbons (Fsp3) is 0.812. The average molecular weight is 341 g/mol. The van der Waals surface area contributed by atoms with E-state index in [-0.39, 0.29) is 12.5 Å². The zero-order valence-electron chi connectivity index (χ0n) is 14.7. The summed E-state index contributed by atoms with van der Waals surface area (Å²) in [6, 6.07) is -1.09. The number of aliphatic hydroxyl groups excluding tert-OH is 1. The van der Waals surface area contributed by atoms with E-state index in [2.05, 4.69) is 0 Å². The van der Waals surface area contributed by atoms with Crippen LogP contribution in [-0.2, 0) is 14.3 Å². The predicted molar refractivity (Wildman–Crippen MR) is 85.9 cm³/mol. The zero-order valence-corrected chi connectivity index (χ0v) is 14.7. The minimum atomic E-state index is -1.09. The number of nitrogens with two attached hydrogens (primary N) is 1. The maximum absolute atomic E-state index is 13.0. The third-order valence-corrected chi connectivity index (χ3v) is 4.61. The molecule has 3 amide bonds. The number of hydrogen-bond acceptors (Lipinski definition) is 5. The van der Waals surface area contributed by atoms with Gasteiger partial charge in [-0.2, -0.15) is 0 Å². The van der Waals surface area contributed by atoms with Gasteiger partial charge in [-0.1, -0.05) is 0 Å². The average Bonchev–Trinajstić information content (AvgIpc) is 2.96. The Morgan fingerprint density at radius 2 is 1.92 bits per heavy atom. The Morgan fingerprint density at radius 3 is 2.42 bits per heavy atom. The lowest BCUT2D eigenvalue weighted by atomic mass is 9.94. The van der Waals surface area contributed by atoms with Gasteiger partial charge in [0, 0.05) is 13.1 Å². The van der Waals surface area contributed by atoms with Crippen molar-refractivity contribution in [2.75, 3.05) is 13.1 Å². The molecule has 2 rings (SSSR count). The highest BCUT2D eigenvalue weighted by molar-refractivity contribution is 5.96. The molecule has 2 fully saturated rings. The predicted octanol–water partition coefficient (Wildman–Crippen LogP) is 0.223. The lowest BCUT2D eigenvalue weighted by Crippen LogP contribution is -2.58. The Hall–Kier alpha value is -1.83. The van der Waals surface area contributed by atoms with Crippen LogP contribution in [0.2, 0.25) is 0 Å². The summed E-state index contributed by atoms with van der Waals surface area (Å²) in [7, 11) is 0. The molecule has 3 atom stereocenters. The van der Waals surface area contributed by atoms with Crippen molar-refractivity contribution in [3.63, 3.8) is 0 Å². The number of ether oxygens (including phenoxy) is 1. The molecule has 0 aromatic heterocycles. The molecule has 136 valence electrons. The van der Waals surface area contributed by atoms with Crippen LogP contribution in [0.4, 0.5) is 4.79 Å². The van der Waals surface area contributed by atoms with Crippen molar-refractivity contribution >= 4 is 17.9 Å². The molecular formula is C16H27N3O5. The van der Waals surface area contributed by atoms with Gasteiger partial charge >= 0.3 is 6.09 Å². The van der Waals surface area contributed by atoms with Crippen LogP contribution >= 0.6 is 0 Å². The van der Waals surface area contributed by atoms with Gasteiger partial charge in [-0.25, -0.2) is 4.79 Å². The molecule has 0 radical (unpaired) electrons. The van der Waals surface area contributed by atoms with Crippen LogP contribution in [0.15, 0.2) is 0 Å². The molecule has 2 saturated heterocycles. The Bertz CT molecular complexity index is 542. The van der Waals surface area contributed by atoms with Crippen molar-refractivity contribution in [3.8, 4) is 0 Å². The number of carbonyl (C=O) groups excluding carboxylic acids is 3.